The lowest BCUT2D eigenvalue weighted by Gasteiger charge is -2.39. The Morgan fingerprint density at radius 1 is 1.03 bits per heavy atom. The normalized spacial score (nSPS) is 17.6. The fourth-order valence-corrected chi connectivity index (χ4v) is 5.37. The van der Waals surface area contributed by atoms with Crippen molar-refractivity contribution in [2.45, 2.75) is 46.1 Å². The van der Waals surface area contributed by atoms with Crippen LogP contribution in [-0.4, -0.2) is 85.2 Å². The van der Waals surface area contributed by atoms with E-state index in [0.717, 1.165) is 56.7 Å². The van der Waals surface area contributed by atoms with E-state index >= 15 is 0 Å². The predicted molar refractivity (Wildman–Crippen MR) is 148 cm³/mol. The Labute approximate surface area is 221 Å². The van der Waals surface area contributed by atoms with Gasteiger partial charge in [0.25, 0.3) is 5.91 Å². The van der Waals surface area contributed by atoms with Gasteiger partial charge in [0.15, 0.2) is 0 Å². The Bertz CT molecular complexity index is 1030. The first kappa shape index (κ1) is 27.1. The number of likely N-dealkylation sites (tertiary alicyclic amines) is 1. The summed E-state index contributed by atoms with van der Waals surface area (Å²) in [4.78, 5) is 32.0. The Hall–Kier alpha value is -2.90. The summed E-state index contributed by atoms with van der Waals surface area (Å²) in [6.45, 7) is 13.0. The molecule has 1 atom stereocenters. The molecule has 2 heterocycles. The van der Waals surface area contributed by atoms with Gasteiger partial charge in [0.05, 0.1) is 13.2 Å². The van der Waals surface area contributed by atoms with E-state index in [0.29, 0.717) is 43.8 Å². The van der Waals surface area contributed by atoms with Gasteiger partial charge in [-0.25, -0.2) is 4.79 Å². The highest BCUT2D eigenvalue weighted by Crippen LogP contribution is 2.22. The number of nitrogens with zero attached hydrogens (tertiary/aromatic N) is 3. The molecule has 1 N–H and O–H groups in total. The van der Waals surface area contributed by atoms with Gasteiger partial charge >= 0.3 is 6.03 Å². The average Bonchev–Trinajstić information content (AvgIpc) is 2.92. The van der Waals surface area contributed by atoms with E-state index in [9.17, 15) is 9.59 Å². The third-order valence-corrected chi connectivity index (χ3v) is 7.72. The van der Waals surface area contributed by atoms with Crippen LogP contribution in [0, 0.1) is 12.8 Å². The molecule has 7 nitrogen and oxygen atoms in total. The number of hydrogen-bond acceptors (Lipinski definition) is 4. The van der Waals surface area contributed by atoms with Crippen molar-refractivity contribution in [3.8, 4) is 0 Å². The van der Waals surface area contributed by atoms with Crippen LogP contribution in [0.15, 0.2) is 48.5 Å². The number of anilines is 1. The van der Waals surface area contributed by atoms with Crippen molar-refractivity contribution in [1.82, 2.24) is 14.7 Å². The molecular weight excluding hydrogens is 464 g/mol. The van der Waals surface area contributed by atoms with E-state index in [1.165, 1.54) is 5.56 Å². The van der Waals surface area contributed by atoms with E-state index in [2.05, 4.69) is 36.2 Å². The summed E-state index contributed by atoms with van der Waals surface area (Å²) in [7, 11) is 0. The number of morpholine rings is 1. The van der Waals surface area contributed by atoms with Crippen molar-refractivity contribution >= 4 is 17.6 Å². The fourth-order valence-electron chi connectivity index (χ4n) is 5.37. The van der Waals surface area contributed by atoms with E-state index < -0.39 is 0 Å². The lowest BCUT2D eigenvalue weighted by molar-refractivity contribution is 0.0387. The molecule has 2 fully saturated rings. The number of carbonyl (C=O) groups excluding carboxylic acids is 2. The SMILES string of the molecule is CCN(CC1CCN(C(=O)N2CCOCC2)CC1)C(C)Cc1cccc(NC(=O)c2ccc(C)cc2)c1. The third kappa shape index (κ3) is 7.55. The summed E-state index contributed by atoms with van der Waals surface area (Å²) in [5, 5.41) is 3.04. The number of likely N-dealkylation sites (N-methyl/N-ethyl adjacent to an activating group) is 1. The van der Waals surface area contributed by atoms with Crippen molar-refractivity contribution < 1.29 is 14.3 Å². The molecule has 0 radical (unpaired) electrons. The lowest BCUT2D eigenvalue weighted by Crippen LogP contribution is -2.51. The van der Waals surface area contributed by atoms with Crippen molar-refractivity contribution in [3.05, 3.63) is 65.2 Å². The number of piperidine rings is 1. The molecule has 0 spiro atoms. The highest BCUT2D eigenvalue weighted by atomic mass is 16.5. The molecule has 0 bridgehead atoms. The number of hydrogen-bond donors (Lipinski definition) is 1. The maximum atomic E-state index is 12.8. The summed E-state index contributed by atoms with van der Waals surface area (Å²) in [6.07, 6.45) is 3.04. The lowest BCUT2D eigenvalue weighted by atomic mass is 9.95. The standard InChI is InChI=1S/C30H42N4O3/c1-4-32(22-25-12-14-33(15-13-25)30(36)34-16-18-37-19-17-34)24(3)20-26-6-5-7-28(21-26)31-29(35)27-10-8-23(2)9-11-27/h5-11,21,24-25H,4,12-20,22H2,1-3H3,(H,31,35). The van der Waals surface area contributed by atoms with Gasteiger partial charge in [0, 0.05) is 50.0 Å². The largest absolute Gasteiger partial charge is 0.378 e. The van der Waals surface area contributed by atoms with Gasteiger partial charge in [-0.15, -0.1) is 0 Å². The van der Waals surface area contributed by atoms with Crippen molar-refractivity contribution in [2.24, 2.45) is 5.92 Å². The molecule has 4 rings (SSSR count). The van der Waals surface area contributed by atoms with Gasteiger partial charge < -0.3 is 24.8 Å². The second kappa shape index (κ2) is 13.1. The van der Waals surface area contributed by atoms with Crippen LogP contribution in [0.3, 0.4) is 0 Å². The van der Waals surface area contributed by atoms with Gasteiger partial charge in [-0.2, -0.15) is 0 Å². The number of carbonyl (C=O) groups is 2. The van der Waals surface area contributed by atoms with Crippen LogP contribution in [0.1, 0.15) is 48.2 Å². The molecule has 0 aromatic heterocycles. The first-order valence-corrected chi connectivity index (χ1v) is 13.8. The Morgan fingerprint density at radius 3 is 2.38 bits per heavy atom. The Kier molecular flexibility index (Phi) is 9.58. The summed E-state index contributed by atoms with van der Waals surface area (Å²) in [5.74, 6) is 0.523. The molecule has 3 amide bonds. The monoisotopic (exact) mass is 506 g/mol. The maximum absolute atomic E-state index is 12.8. The van der Waals surface area contributed by atoms with Gasteiger partial charge in [-0.3, -0.25) is 4.79 Å². The summed E-state index contributed by atoms with van der Waals surface area (Å²) in [5.41, 5.74) is 3.86. The van der Waals surface area contributed by atoms with Crippen LogP contribution in [0.2, 0.25) is 0 Å². The summed E-state index contributed by atoms with van der Waals surface area (Å²) < 4.78 is 5.38. The first-order chi connectivity index (χ1) is 17.9. The summed E-state index contributed by atoms with van der Waals surface area (Å²) >= 11 is 0. The van der Waals surface area contributed by atoms with Crippen LogP contribution in [0.25, 0.3) is 0 Å². The Morgan fingerprint density at radius 2 is 1.70 bits per heavy atom. The number of nitrogens with one attached hydrogen (secondary N) is 1. The van der Waals surface area contributed by atoms with Crippen molar-refractivity contribution in [3.63, 3.8) is 0 Å². The minimum Gasteiger partial charge on any atom is -0.378 e. The molecule has 2 saturated heterocycles. The van der Waals surface area contributed by atoms with Crippen LogP contribution >= 0.6 is 0 Å². The molecular formula is C30H42N4O3. The smallest absolute Gasteiger partial charge is 0.320 e. The second-order valence-corrected chi connectivity index (χ2v) is 10.5. The fraction of sp³-hybridized carbons (Fsp3) is 0.533. The highest BCUT2D eigenvalue weighted by molar-refractivity contribution is 6.04. The number of urea groups is 1. The number of aryl methyl sites for hydroxylation is 1. The van der Waals surface area contributed by atoms with E-state index in [-0.39, 0.29) is 11.9 Å². The number of benzene rings is 2. The van der Waals surface area contributed by atoms with Crippen LogP contribution in [0.5, 0.6) is 0 Å². The minimum atomic E-state index is -0.0844. The van der Waals surface area contributed by atoms with Gasteiger partial charge in [-0.1, -0.05) is 36.8 Å². The Balaban J connectivity index is 1.26. The van der Waals surface area contributed by atoms with Gasteiger partial charge in [0.2, 0.25) is 0 Å². The zero-order valence-electron chi connectivity index (χ0n) is 22.6. The number of amides is 3. The number of rotatable bonds is 8. The van der Waals surface area contributed by atoms with Crippen LogP contribution in [0.4, 0.5) is 10.5 Å². The third-order valence-electron chi connectivity index (χ3n) is 7.72. The van der Waals surface area contributed by atoms with Crippen molar-refractivity contribution in [1.29, 1.82) is 0 Å². The quantitative estimate of drug-likeness (QED) is 0.565. The molecule has 37 heavy (non-hydrogen) atoms. The molecule has 2 aliphatic rings. The topological polar surface area (TPSA) is 65.1 Å². The summed E-state index contributed by atoms with van der Waals surface area (Å²) in [6, 6.07) is 16.4. The van der Waals surface area contributed by atoms with E-state index in [4.69, 9.17) is 4.74 Å². The first-order valence-electron chi connectivity index (χ1n) is 13.8. The molecule has 1 unspecified atom stereocenters. The molecule has 2 aromatic rings. The van der Waals surface area contributed by atoms with Gasteiger partial charge in [0.1, 0.15) is 0 Å². The van der Waals surface area contributed by atoms with Crippen molar-refractivity contribution in [2.75, 3.05) is 57.8 Å². The second-order valence-electron chi connectivity index (χ2n) is 10.5. The molecule has 2 aromatic carbocycles. The molecule has 0 aliphatic carbocycles. The maximum Gasteiger partial charge on any atom is 0.320 e. The number of ether oxygens (including phenoxy) is 1. The zero-order chi connectivity index (χ0) is 26.2. The molecule has 2 aliphatic heterocycles. The molecule has 7 heteroatoms. The van der Waals surface area contributed by atoms with Gasteiger partial charge in [-0.05, 0) is 75.4 Å². The predicted octanol–water partition coefficient (Wildman–Crippen LogP) is 4.66. The molecule has 200 valence electrons. The van der Waals surface area contributed by atoms with Crippen LogP contribution < -0.4 is 5.32 Å². The highest BCUT2D eigenvalue weighted by Gasteiger charge is 2.28. The average molecular weight is 507 g/mol. The molecule has 0 saturated carbocycles. The zero-order valence-corrected chi connectivity index (χ0v) is 22.6. The van der Waals surface area contributed by atoms with Crippen LogP contribution in [-0.2, 0) is 11.2 Å². The van der Waals surface area contributed by atoms with E-state index in [1.54, 1.807) is 0 Å². The minimum absolute atomic E-state index is 0.0844. The van der Waals surface area contributed by atoms with E-state index in [1.807, 2.05) is 53.1 Å².